The van der Waals surface area contributed by atoms with Crippen molar-refractivity contribution in [2.45, 2.75) is 27.0 Å². The lowest BCUT2D eigenvalue weighted by atomic mass is 10.1. The third-order valence-electron chi connectivity index (χ3n) is 4.06. The van der Waals surface area contributed by atoms with Crippen molar-refractivity contribution >= 4 is 5.69 Å². The fourth-order valence-electron chi connectivity index (χ4n) is 2.47. The quantitative estimate of drug-likeness (QED) is 0.702. The number of anilines is 1. The van der Waals surface area contributed by atoms with E-state index in [0.717, 1.165) is 29.2 Å². The van der Waals surface area contributed by atoms with Gasteiger partial charge in [0.1, 0.15) is 12.4 Å². The number of para-hydroxylation sites is 1. The third-order valence-corrected chi connectivity index (χ3v) is 4.06. The number of benzene rings is 2. The van der Waals surface area contributed by atoms with Crippen molar-refractivity contribution in [2.24, 2.45) is 0 Å². The fraction of sp³-hybridized carbons (Fsp3) is 0.190. The molecule has 1 aromatic heterocycles. The second-order valence-electron chi connectivity index (χ2n) is 5.87. The Morgan fingerprint density at radius 3 is 2.54 bits per heavy atom. The molecule has 1 heterocycles. The van der Waals surface area contributed by atoms with Gasteiger partial charge in [-0.3, -0.25) is 4.98 Å². The van der Waals surface area contributed by atoms with E-state index in [9.17, 15) is 0 Å². The first-order valence-electron chi connectivity index (χ1n) is 8.14. The zero-order valence-corrected chi connectivity index (χ0v) is 14.1. The zero-order chi connectivity index (χ0) is 16.8. The van der Waals surface area contributed by atoms with Gasteiger partial charge in [-0.25, -0.2) is 0 Å². The highest BCUT2D eigenvalue weighted by molar-refractivity contribution is 5.49. The minimum absolute atomic E-state index is 0.474. The van der Waals surface area contributed by atoms with Gasteiger partial charge in [0.25, 0.3) is 0 Å². The summed E-state index contributed by atoms with van der Waals surface area (Å²) in [7, 11) is 0. The van der Waals surface area contributed by atoms with E-state index in [-0.39, 0.29) is 0 Å². The summed E-state index contributed by atoms with van der Waals surface area (Å²) in [5.41, 5.74) is 5.78. The number of aromatic nitrogens is 1. The fourth-order valence-corrected chi connectivity index (χ4v) is 2.47. The molecule has 0 spiro atoms. The SMILES string of the molecule is Cc1ccc(NCc2ccccc2OCc2ccccn2)cc1C. The van der Waals surface area contributed by atoms with Gasteiger partial charge in [0.05, 0.1) is 5.69 Å². The summed E-state index contributed by atoms with van der Waals surface area (Å²) in [4.78, 5) is 4.29. The Labute approximate surface area is 143 Å². The summed E-state index contributed by atoms with van der Waals surface area (Å²) in [5, 5.41) is 3.47. The normalized spacial score (nSPS) is 10.4. The maximum absolute atomic E-state index is 5.95. The smallest absolute Gasteiger partial charge is 0.130 e. The first-order chi connectivity index (χ1) is 11.7. The van der Waals surface area contributed by atoms with Crippen LogP contribution in [0.1, 0.15) is 22.4 Å². The Morgan fingerprint density at radius 2 is 1.75 bits per heavy atom. The van der Waals surface area contributed by atoms with Gasteiger partial charge >= 0.3 is 0 Å². The van der Waals surface area contributed by atoms with Crippen LogP contribution in [0.3, 0.4) is 0 Å². The second-order valence-corrected chi connectivity index (χ2v) is 5.87. The summed E-state index contributed by atoms with van der Waals surface area (Å²) < 4.78 is 5.95. The summed E-state index contributed by atoms with van der Waals surface area (Å²) in [5.74, 6) is 0.888. The molecule has 1 N–H and O–H groups in total. The molecule has 0 amide bonds. The first kappa shape index (κ1) is 16.1. The average Bonchev–Trinajstić information content (AvgIpc) is 2.62. The minimum Gasteiger partial charge on any atom is -0.487 e. The molecule has 3 nitrogen and oxygen atoms in total. The van der Waals surface area contributed by atoms with E-state index in [1.807, 2.05) is 36.4 Å². The molecule has 24 heavy (non-hydrogen) atoms. The van der Waals surface area contributed by atoms with Gasteiger partial charge in [-0.2, -0.15) is 0 Å². The maximum Gasteiger partial charge on any atom is 0.130 e. The molecule has 122 valence electrons. The van der Waals surface area contributed by atoms with Gasteiger partial charge in [0, 0.05) is 24.0 Å². The Hall–Kier alpha value is -2.81. The molecular weight excluding hydrogens is 296 g/mol. The minimum atomic E-state index is 0.474. The Balaban J connectivity index is 1.66. The van der Waals surface area contributed by atoms with Gasteiger partial charge in [-0.15, -0.1) is 0 Å². The standard InChI is InChI=1S/C21H22N2O/c1-16-10-11-19(13-17(16)2)23-14-18-7-3-4-9-21(18)24-15-20-8-5-6-12-22-20/h3-13,23H,14-15H2,1-2H3. The van der Waals surface area contributed by atoms with Gasteiger partial charge in [0.15, 0.2) is 0 Å². The highest BCUT2D eigenvalue weighted by Crippen LogP contribution is 2.21. The molecule has 2 aromatic carbocycles. The van der Waals surface area contributed by atoms with Crippen molar-refractivity contribution in [3.63, 3.8) is 0 Å². The summed E-state index contributed by atoms with van der Waals surface area (Å²) in [6, 6.07) is 20.4. The van der Waals surface area contributed by atoms with E-state index in [4.69, 9.17) is 4.74 Å². The van der Waals surface area contributed by atoms with Gasteiger partial charge < -0.3 is 10.1 Å². The van der Waals surface area contributed by atoms with Crippen LogP contribution in [0.25, 0.3) is 0 Å². The number of pyridine rings is 1. The largest absolute Gasteiger partial charge is 0.487 e. The molecular formula is C21H22N2O. The van der Waals surface area contributed by atoms with Crippen molar-refractivity contribution in [3.05, 3.63) is 89.2 Å². The highest BCUT2D eigenvalue weighted by atomic mass is 16.5. The van der Waals surface area contributed by atoms with Crippen LogP contribution in [0.2, 0.25) is 0 Å². The number of aryl methyl sites for hydroxylation is 2. The van der Waals surface area contributed by atoms with E-state index >= 15 is 0 Å². The van der Waals surface area contributed by atoms with Crippen molar-refractivity contribution in [3.8, 4) is 5.75 Å². The van der Waals surface area contributed by atoms with Crippen molar-refractivity contribution < 1.29 is 4.74 Å². The van der Waals surface area contributed by atoms with E-state index in [1.54, 1.807) is 6.20 Å². The van der Waals surface area contributed by atoms with Crippen molar-refractivity contribution in [1.82, 2.24) is 4.98 Å². The third kappa shape index (κ3) is 4.13. The van der Waals surface area contributed by atoms with Crippen LogP contribution < -0.4 is 10.1 Å². The molecule has 0 radical (unpaired) electrons. The molecule has 0 saturated heterocycles. The van der Waals surface area contributed by atoms with Crippen LogP contribution in [-0.2, 0) is 13.2 Å². The number of ether oxygens (including phenoxy) is 1. The number of rotatable bonds is 6. The topological polar surface area (TPSA) is 34.1 Å². The molecule has 0 unspecified atom stereocenters. The highest BCUT2D eigenvalue weighted by Gasteiger charge is 2.04. The molecule has 0 atom stereocenters. The number of nitrogens with zero attached hydrogens (tertiary/aromatic N) is 1. The number of hydrogen-bond acceptors (Lipinski definition) is 3. The van der Waals surface area contributed by atoms with E-state index < -0.39 is 0 Å². The van der Waals surface area contributed by atoms with Crippen LogP contribution in [0.5, 0.6) is 5.75 Å². The summed E-state index contributed by atoms with van der Waals surface area (Å²) in [6.07, 6.45) is 1.78. The molecule has 0 aliphatic heterocycles. The monoisotopic (exact) mass is 318 g/mol. The lowest BCUT2D eigenvalue weighted by molar-refractivity contribution is 0.298. The molecule has 0 bridgehead atoms. The van der Waals surface area contributed by atoms with Crippen LogP contribution in [0.4, 0.5) is 5.69 Å². The van der Waals surface area contributed by atoms with Gasteiger partial charge in [0.2, 0.25) is 0 Å². The maximum atomic E-state index is 5.95. The van der Waals surface area contributed by atoms with Crippen LogP contribution in [0, 0.1) is 13.8 Å². The number of nitrogens with one attached hydrogen (secondary N) is 1. The van der Waals surface area contributed by atoms with Crippen LogP contribution in [-0.4, -0.2) is 4.98 Å². The van der Waals surface area contributed by atoms with Gasteiger partial charge in [-0.1, -0.05) is 30.3 Å². The van der Waals surface area contributed by atoms with E-state index in [1.165, 1.54) is 11.1 Å². The summed E-state index contributed by atoms with van der Waals surface area (Å²) >= 11 is 0. The Morgan fingerprint density at radius 1 is 0.917 bits per heavy atom. The molecule has 0 fully saturated rings. The van der Waals surface area contributed by atoms with Crippen molar-refractivity contribution in [1.29, 1.82) is 0 Å². The Kier molecular flexibility index (Phi) is 5.12. The lowest BCUT2D eigenvalue weighted by Gasteiger charge is -2.13. The Bertz CT molecular complexity index is 800. The average molecular weight is 318 g/mol. The van der Waals surface area contributed by atoms with Crippen molar-refractivity contribution in [2.75, 3.05) is 5.32 Å². The second kappa shape index (κ2) is 7.64. The predicted octanol–water partition coefficient (Wildman–Crippen LogP) is 4.89. The molecule has 3 heteroatoms. The molecule has 0 saturated carbocycles. The summed E-state index contributed by atoms with van der Waals surface area (Å²) in [6.45, 7) is 5.45. The van der Waals surface area contributed by atoms with E-state index in [0.29, 0.717) is 6.61 Å². The molecule has 3 aromatic rings. The van der Waals surface area contributed by atoms with Crippen LogP contribution in [0.15, 0.2) is 66.9 Å². The number of hydrogen-bond donors (Lipinski definition) is 1. The lowest BCUT2D eigenvalue weighted by Crippen LogP contribution is -2.04. The molecule has 0 aliphatic carbocycles. The first-order valence-corrected chi connectivity index (χ1v) is 8.14. The van der Waals surface area contributed by atoms with Crippen LogP contribution >= 0.6 is 0 Å². The molecule has 0 aliphatic rings. The molecule has 3 rings (SSSR count). The zero-order valence-electron chi connectivity index (χ0n) is 14.1. The van der Waals surface area contributed by atoms with Gasteiger partial charge in [-0.05, 0) is 55.3 Å². The van der Waals surface area contributed by atoms with E-state index in [2.05, 4.69) is 48.4 Å². The predicted molar refractivity (Wildman–Crippen MR) is 98.3 cm³/mol.